The summed E-state index contributed by atoms with van der Waals surface area (Å²) < 4.78 is 1.90. The van der Waals surface area contributed by atoms with Crippen molar-refractivity contribution in [3.63, 3.8) is 0 Å². The van der Waals surface area contributed by atoms with E-state index >= 15 is 0 Å². The summed E-state index contributed by atoms with van der Waals surface area (Å²) in [6.45, 7) is 9.74. The maximum Gasteiger partial charge on any atom is 0.223 e. The highest BCUT2D eigenvalue weighted by atomic mass is 16.3. The molecule has 1 aromatic carbocycles. The minimum Gasteiger partial charge on any atom is -0.392 e. The third-order valence-corrected chi connectivity index (χ3v) is 4.19. The molecule has 5 nitrogen and oxygen atoms in total. The first-order chi connectivity index (χ1) is 11.3. The maximum atomic E-state index is 12.0. The predicted octanol–water partition coefficient (Wildman–Crippen LogP) is 3.07. The summed E-state index contributed by atoms with van der Waals surface area (Å²) in [5, 5.41) is 17.2. The Kier molecular flexibility index (Phi) is 5.78. The van der Waals surface area contributed by atoms with E-state index in [0.29, 0.717) is 0 Å². The van der Waals surface area contributed by atoms with Gasteiger partial charge in [0.15, 0.2) is 0 Å². The van der Waals surface area contributed by atoms with E-state index in [1.54, 1.807) is 0 Å². The fourth-order valence-corrected chi connectivity index (χ4v) is 2.60. The predicted molar refractivity (Wildman–Crippen MR) is 95.1 cm³/mol. The molecule has 0 radical (unpaired) electrons. The molecule has 130 valence electrons. The zero-order chi connectivity index (χ0) is 17.9. The van der Waals surface area contributed by atoms with E-state index in [-0.39, 0.29) is 24.3 Å². The molecule has 2 N–H and O–H groups in total. The molecule has 0 aliphatic rings. The SMILES string of the molecule is Cc1cc(C)n(-c2ccc(C(C)NC(=O)CC(O)C(C)C)cc2)n1. The fraction of sp³-hybridized carbons (Fsp3) is 0.474. The van der Waals surface area contributed by atoms with Crippen molar-refractivity contribution in [1.29, 1.82) is 0 Å². The number of hydrogen-bond acceptors (Lipinski definition) is 3. The lowest BCUT2D eigenvalue weighted by molar-refractivity contribution is -0.124. The van der Waals surface area contributed by atoms with Gasteiger partial charge in [-0.2, -0.15) is 5.10 Å². The molecule has 2 atom stereocenters. The Bertz CT molecular complexity index is 689. The van der Waals surface area contributed by atoms with E-state index in [9.17, 15) is 9.90 Å². The van der Waals surface area contributed by atoms with Crippen LogP contribution in [0.2, 0.25) is 0 Å². The highest BCUT2D eigenvalue weighted by Crippen LogP contribution is 2.17. The molecule has 0 fully saturated rings. The molecule has 0 saturated carbocycles. The van der Waals surface area contributed by atoms with Crippen LogP contribution in [0.3, 0.4) is 0 Å². The normalized spacial score (nSPS) is 13.8. The van der Waals surface area contributed by atoms with E-state index in [2.05, 4.69) is 10.4 Å². The van der Waals surface area contributed by atoms with E-state index < -0.39 is 6.10 Å². The molecule has 2 unspecified atom stereocenters. The molecule has 5 heteroatoms. The Morgan fingerprint density at radius 3 is 2.33 bits per heavy atom. The van der Waals surface area contributed by atoms with Crippen molar-refractivity contribution < 1.29 is 9.90 Å². The molecule has 1 aromatic heterocycles. The first-order valence-corrected chi connectivity index (χ1v) is 8.39. The molecule has 0 bridgehead atoms. The van der Waals surface area contributed by atoms with Crippen molar-refractivity contribution in [1.82, 2.24) is 15.1 Å². The number of aromatic nitrogens is 2. The van der Waals surface area contributed by atoms with Crippen molar-refractivity contribution in [2.45, 2.75) is 53.2 Å². The maximum absolute atomic E-state index is 12.0. The third kappa shape index (κ3) is 4.45. The van der Waals surface area contributed by atoms with Crippen LogP contribution in [0.15, 0.2) is 30.3 Å². The van der Waals surface area contributed by atoms with Crippen LogP contribution in [-0.2, 0) is 4.79 Å². The van der Waals surface area contributed by atoms with Crippen molar-refractivity contribution in [2.75, 3.05) is 0 Å². The van der Waals surface area contributed by atoms with Gasteiger partial charge < -0.3 is 10.4 Å². The van der Waals surface area contributed by atoms with Gasteiger partial charge in [0.1, 0.15) is 0 Å². The Morgan fingerprint density at radius 1 is 1.21 bits per heavy atom. The van der Waals surface area contributed by atoms with Crippen LogP contribution in [0.1, 0.15) is 50.2 Å². The molecule has 0 aliphatic carbocycles. The van der Waals surface area contributed by atoms with Crippen molar-refractivity contribution >= 4 is 5.91 Å². The lowest BCUT2D eigenvalue weighted by atomic mass is 10.0. The lowest BCUT2D eigenvalue weighted by Crippen LogP contribution is -2.31. The van der Waals surface area contributed by atoms with E-state index in [0.717, 1.165) is 22.6 Å². The van der Waals surface area contributed by atoms with Crippen LogP contribution in [0.25, 0.3) is 5.69 Å². The van der Waals surface area contributed by atoms with Gasteiger partial charge in [-0.3, -0.25) is 4.79 Å². The first kappa shape index (κ1) is 18.2. The van der Waals surface area contributed by atoms with Gasteiger partial charge in [-0.25, -0.2) is 4.68 Å². The number of aliphatic hydroxyl groups is 1. The zero-order valence-corrected chi connectivity index (χ0v) is 15.1. The van der Waals surface area contributed by atoms with Crippen LogP contribution in [0, 0.1) is 19.8 Å². The second kappa shape index (κ2) is 7.62. The van der Waals surface area contributed by atoms with Gasteiger partial charge in [-0.15, -0.1) is 0 Å². The molecule has 1 amide bonds. The number of rotatable bonds is 6. The van der Waals surface area contributed by atoms with Crippen molar-refractivity contribution in [3.05, 3.63) is 47.3 Å². The minimum atomic E-state index is -0.606. The Balaban J connectivity index is 2.02. The van der Waals surface area contributed by atoms with Crippen molar-refractivity contribution in [3.8, 4) is 5.69 Å². The Labute approximate surface area is 143 Å². The fourth-order valence-electron chi connectivity index (χ4n) is 2.60. The Morgan fingerprint density at radius 2 is 1.83 bits per heavy atom. The number of hydrogen-bond donors (Lipinski definition) is 2. The number of carbonyl (C=O) groups excluding carboxylic acids is 1. The minimum absolute atomic E-state index is 0.0751. The number of aliphatic hydroxyl groups excluding tert-OH is 1. The third-order valence-electron chi connectivity index (χ3n) is 4.19. The van der Waals surface area contributed by atoms with Crippen LogP contribution < -0.4 is 5.32 Å². The van der Waals surface area contributed by atoms with E-state index in [1.165, 1.54) is 0 Å². The Hall–Kier alpha value is -2.14. The van der Waals surface area contributed by atoms with Gasteiger partial charge in [0.25, 0.3) is 0 Å². The number of benzene rings is 1. The van der Waals surface area contributed by atoms with Crippen LogP contribution in [0.4, 0.5) is 0 Å². The second-order valence-electron chi connectivity index (χ2n) is 6.74. The summed E-state index contributed by atoms with van der Waals surface area (Å²) in [7, 11) is 0. The smallest absolute Gasteiger partial charge is 0.223 e. The molecular weight excluding hydrogens is 302 g/mol. The molecule has 2 aromatic rings. The summed E-state index contributed by atoms with van der Waals surface area (Å²) in [4.78, 5) is 12.0. The average Bonchev–Trinajstić information content (AvgIpc) is 2.85. The number of amides is 1. The molecule has 0 aliphatic heterocycles. The van der Waals surface area contributed by atoms with Gasteiger partial charge in [0.05, 0.1) is 29.9 Å². The molecule has 24 heavy (non-hydrogen) atoms. The molecular formula is C19H27N3O2. The van der Waals surface area contributed by atoms with Crippen LogP contribution in [-0.4, -0.2) is 26.9 Å². The second-order valence-corrected chi connectivity index (χ2v) is 6.74. The largest absolute Gasteiger partial charge is 0.392 e. The van der Waals surface area contributed by atoms with Gasteiger partial charge in [0, 0.05) is 5.69 Å². The monoisotopic (exact) mass is 329 g/mol. The lowest BCUT2D eigenvalue weighted by Gasteiger charge is -2.18. The highest BCUT2D eigenvalue weighted by molar-refractivity contribution is 5.76. The first-order valence-electron chi connectivity index (χ1n) is 8.39. The molecule has 0 saturated heterocycles. The molecule has 0 spiro atoms. The van der Waals surface area contributed by atoms with E-state index in [1.807, 2.05) is 69.6 Å². The summed E-state index contributed by atoms with van der Waals surface area (Å²) in [6.07, 6.45) is -0.475. The summed E-state index contributed by atoms with van der Waals surface area (Å²) >= 11 is 0. The number of nitrogens with one attached hydrogen (secondary N) is 1. The zero-order valence-electron chi connectivity index (χ0n) is 15.1. The summed E-state index contributed by atoms with van der Waals surface area (Å²) in [5.74, 6) is -0.0579. The quantitative estimate of drug-likeness (QED) is 0.856. The number of nitrogens with zero attached hydrogens (tertiary/aromatic N) is 2. The molecule has 1 heterocycles. The molecule has 2 rings (SSSR count). The van der Waals surface area contributed by atoms with Crippen LogP contribution in [0.5, 0.6) is 0 Å². The number of carbonyl (C=O) groups is 1. The highest BCUT2D eigenvalue weighted by Gasteiger charge is 2.16. The standard InChI is InChI=1S/C19H27N3O2/c1-12(2)18(23)11-19(24)20-15(5)16-6-8-17(9-7-16)22-14(4)10-13(3)21-22/h6-10,12,15,18,23H,11H2,1-5H3,(H,20,24). The summed E-state index contributed by atoms with van der Waals surface area (Å²) in [6, 6.07) is 9.93. The average molecular weight is 329 g/mol. The number of aryl methyl sites for hydroxylation is 2. The van der Waals surface area contributed by atoms with Crippen LogP contribution >= 0.6 is 0 Å². The van der Waals surface area contributed by atoms with Gasteiger partial charge in [-0.1, -0.05) is 26.0 Å². The van der Waals surface area contributed by atoms with Gasteiger partial charge in [-0.05, 0) is 50.5 Å². The summed E-state index contributed by atoms with van der Waals surface area (Å²) in [5.41, 5.74) is 4.09. The van der Waals surface area contributed by atoms with Gasteiger partial charge >= 0.3 is 0 Å². The topological polar surface area (TPSA) is 67.2 Å². The van der Waals surface area contributed by atoms with Gasteiger partial charge in [0.2, 0.25) is 5.91 Å². The van der Waals surface area contributed by atoms with Crippen molar-refractivity contribution in [2.24, 2.45) is 5.92 Å². The van der Waals surface area contributed by atoms with E-state index in [4.69, 9.17) is 0 Å².